The van der Waals surface area contributed by atoms with Crippen LogP contribution in [0.5, 0.6) is 5.88 Å². The number of aryl methyl sites for hydroxylation is 1. The van der Waals surface area contributed by atoms with Gasteiger partial charge in [0.2, 0.25) is 5.91 Å². The van der Waals surface area contributed by atoms with Crippen molar-refractivity contribution < 1.29 is 14.3 Å². The van der Waals surface area contributed by atoms with Crippen molar-refractivity contribution in [3.8, 4) is 5.88 Å². The Hall–Kier alpha value is -4.38. The van der Waals surface area contributed by atoms with Crippen LogP contribution in [0.3, 0.4) is 0 Å². The number of piperazine rings is 1. The van der Waals surface area contributed by atoms with Gasteiger partial charge in [-0.05, 0) is 55.6 Å². The molecule has 0 aliphatic carbocycles. The van der Waals surface area contributed by atoms with Gasteiger partial charge in [-0.1, -0.05) is 23.7 Å². The number of nitrogens with zero attached hydrogens (tertiary/aromatic N) is 5. The Kier molecular flexibility index (Phi) is 7.36. The fourth-order valence-corrected chi connectivity index (χ4v) is 5.44. The summed E-state index contributed by atoms with van der Waals surface area (Å²) in [6, 6.07) is 18.0. The summed E-state index contributed by atoms with van der Waals surface area (Å²) in [6.07, 6.45) is 0. The first-order valence-electron chi connectivity index (χ1n) is 13.6. The van der Waals surface area contributed by atoms with Crippen LogP contribution in [0.25, 0.3) is 22.0 Å². The summed E-state index contributed by atoms with van der Waals surface area (Å²) in [5, 5.41) is 12.3. The molecule has 0 radical (unpaired) electrons. The fraction of sp³-hybridized carbons (Fsp3) is 0.258. The van der Waals surface area contributed by atoms with Gasteiger partial charge in [-0.3, -0.25) is 14.3 Å². The highest BCUT2D eigenvalue weighted by atomic mass is 35.5. The number of rotatable bonds is 6. The van der Waals surface area contributed by atoms with E-state index in [-0.39, 0.29) is 11.8 Å². The van der Waals surface area contributed by atoms with E-state index in [1.807, 2.05) is 36.4 Å². The van der Waals surface area contributed by atoms with Crippen LogP contribution in [-0.2, 0) is 11.8 Å². The lowest BCUT2D eigenvalue weighted by Gasteiger charge is -2.32. The summed E-state index contributed by atoms with van der Waals surface area (Å²) in [7, 11) is 5.51. The maximum atomic E-state index is 13.0. The molecule has 2 aromatic heterocycles. The van der Waals surface area contributed by atoms with E-state index in [0.717, 1.165) is 37.3 Å². The van der Waals surface area contributed by atoms with E-state index in [2.05, 4.69) is 21.8 Å². The van der Waals surface area contributed by atoms with Crippen LogP contribution in [-0.4, -0.2) is 82.9 Å². The Bertz CT molecular complexity index is 1880. The van der Waals surface area contributed by atoms with Crippen molar-refractivity contribution in [1.29, 1.82) is 0 Å². The van der Waals surface area contributed by atoms with E-state index in [9.17, 15) is 14.7 Å². The molecule has 0 spiro atoms. The second-order valence-corrected chi connectivity index (χ2v) is 11.1. The molecule has 0 bridgehead atoms. The van der Waals surface area contributed by atoms with Crippen molar-refractivity contribution in [3.05, 3.63) is 87.4 Å². The molecule has 3 aromatic carbocycles. The molecule has 1 aliphatic rings. The Morgan fingerprint density at radius 1 is 1.05 bits per heavy atom. The molecule has 10 nitrogen and oxygen atoms in total. The number of carbonyl (C=O) groups is 1. The number of nitrogens with one attached hydrogen (secondary N) is 1. The number of carbonyl (C=O) groups excluding carboxylic acids is 1. The van der Waals surface area contributed by atoms with Gasteiger partial charge in [0.25, 0.3) is 0 Å². The van der Waals surface area contributed by atoms with Gasteiger partial charge in [0, 0.05) is 61.9 Å². The normalized spacial score (nSPS) is 15.1. The zero-order valence-corrected chi connectivity index (χ0v) is 24.4. The molecule has 0 saturated carbocycles. The highest BCUT2D eigenvalue weighted by molar-refractivity contribution is 6.31. The molecule has 1 aliphatic heterocycles. The van der Waals surface area contributed by atoms with Crippen LogP contribution in [0.15, 0.2) is 74.9 Å². The molecule has 1 amide bonds. The Labute approximate surface area is 247 Å². The monoisotopic (exact) mass is 586 g/mol. The summed E-state index contributed by atoms with van der Waals surface area (Å²) in [4.78, 5) is 39.2. The molecule has 216 valence electrons. The standard InChI is InChI=1S/C31H31ClN6O4/c1-35-12-14-38(15-13-35)18-27(39)36(2)22-8-6-21(7-9-22)33-29(19-4-11-25-26(16-19)42-31(41)37(25)3)28-23-10-5-20(32)17-24(23)34-30(28)40/h4-11,16-17,34,40H,12-15,18H2,1-3H3. The number of oxazole rings is 1. The third-order valence-corrected chi connectivity index (χ3v) is 8.09. The number of amides is 1. The first-order chi connectivity index (χ1) is 20.2. The third-order valence-electron chi connectivity index (χ3n) is 7.85. The topological polar surface area (TPSA) is 110 Å². The summed E-state index contributed by atoms with van der Waals surface area (Å²) in [5.41, 5.74) is 4.69. The van der Waals surface area contributed by atoms with Crippen molar-refractivity contribution in [2.45, 2.75) is 0 Å². The maximum absolute atomic E-state index is 13.0. The Balaban J connectivity index is 1.36. The number of halogens is 1. The highest BCUT2D eigenvalue weighted by Crippen LogP contribution is 2.34. The van der Waals surface area contributed by atoms with Gasteiger partial charge in [0.15, 0.2) is 11.5 Å². The molecule has 0 unspecified atom stereocenters. The second-order valence-electron chi connectivity index (χ2n) is 10.7. The summed E-state index contributed by atoms with van der Waals surface area (Å²) in [5.74, 6) is -0.505. The van der Waals surface area contributed by atoms with Gasteiger partial charge in [-0.25, -0.2) is 9.79 Å². The minimum atomic E-state index is -0.466. The number of hydrogen-bond donors (Lipinski definition) is 2. The molecule has 0 atom stereocenters. The Morgan fingerprint density at radius 2 is 1.79 bits per heavy atom. The van der Waals surface area contributed by atoms with Crippen LogP contribution >= 0.6 is 11.6 Å². The van der Waals surface area contributed by atoms with Crippen molar-refractivity contribution in [2.24, 2.45) is 12.0 Å². The second kappa shape index (κ2) is 11.1. The van der Waals surface area contributed by atoms with Crippen LogP contribution in [0.2, 0.25) is 5.02 Å². The van der Waals surface area contributed by atoms with Gasteiger partial charge in [0.05, 0.1) is 34.5 Å². The molecule has 3 heterocycles. The number of hydrogen-bond acceptors (Lipinski definition) is 7. The minimum Gasteiger partial charge on any atom is -0.494 e. The lowest BCUT2D eigenvalue weighted by molar-refractivity contribution is -0.119. The predicted molar refractivity (Wildman–Crippen MR) is 166 cm³/mol. The Morgan fingerprint density at radius 3 is 2.52 bits per heavy atom. The number of benzene rings is 3. The number of aliphatic imine (C=N–C) groups is 1. The van der Waals surface area contributed by atoms with Crippen molar-refractivity contribution in [2.75, 3.05) is 51.7 Å². The van der Waals surface area contributed by atoms with Gasteiger partial charge < -0.3 is 24.3 Å². The quantitative estimate of drug-likeness (QED) is 0.286. The molecule has 5 aromatic rings. The van der Waals surface area contributed by atoms with Crippen molar-refractivity contribution in [3.63, 3.8) is 0 Å². The maximum Gasteiger partial charge on any atom is 0.419 e. The van der Waals surface area contributed by atoms with Gasteiger partial charge >= 0.3 is 5.76 Å². The van der Waals surface area contributed by atoms with Crippen LogP contribution in [0.1, 0.15) is 11.1 Å². The highest BCUT2D eigenvalue weighted by Gasteiger charge is 2.22. The number of aromatic amines is 1. The van der Waals surface area contributed by atoms with Crippen LogP contribution in [0, 0.1) is 0 Å². The van der Waals surface area contributed by atoms with E-state index < -0.39 is 5.76 Å². The average molecular weight is 587 g/mol. The van der Waals surface area contributed by atoms with Gasteiger partial charge in [0.1, 0.15) is 0 Å². The van der Waals surface area contributed by atoms with E-state index in [1.165, 1.54) is 4.57 Å². The molecule has 1 saturated heterocycles. The van der Waals surface area contributed by atoms with Crippen LogP contribution < -0.4 is 10.7 Å². The number of anilines is 1. The lowest BCUT2D eigenvalue weighted by atomic mass is 10.0. The number of aromatic hydroxyl groups is 1. The van der Waals surface area contributed by atoms with E-state index in [4.69, 9.17) is 21.0 Å². The van der Waals surface area contributed by atoms with Gasteiger partial charge in [-0.15, -0.1) is 0 Å². The molecule has 42 heavy (non-hydrogen) atoms. The summed E-state index contributed by atoms with van der Waals surface area (Å²) < 4.78 is 6.87. The molecule has 2 N–H and O–H groups in total. The van der Waals surface area contributed by atoms with E-state index in [0.29, 0.717) is 50.7 Å². The zero-order chi connectivity index (χ0) is 29.5. The van der Waals surface area contributed by atoms with Gasteiger partial charge in [-0.2, -0.15) is 0 Å². The molecule has 6 rings (SSSR count). The number of fused-ring (bicyclic) bond motifs is 2. The third kappa shape index (κ3) is 5.32. The predicted octanol–water partition coefficient (Wildman–Crippen LogP) is 4.35. The number of aromatic nitrogens is 2. The van der Waals surface area contributed by atoms with Crippen LogP contribution in [0.4, 0.5) is 11.4 Å². The summed E-state index contributed by atoms with van der Waals surface area (Å²) >= 11 is 6.20. The molecule has 11 heteroatoms. The summed E-state index contributed by atoms with van der Waals surface area (Å²) in [6.45, 7) is 4.02. The fourth-order valence-electron chi connectivity index (χ4n) is 5.27. The average Bonchev–Trinajstić information content (AvgIpc) is 3.45. The SMILES string of the molecule is CN1CCN(CC(=O)N(C)c2ccc(N=C(c3ccc4c(c3)oc(=O)n4C)c3c(O)[nH]c4cc(Cl)ccc34)cc2)CC1. The molecular weight excluding hydrogens is 556 g/mol. The largest absolute Gasteiger partial charge is 0.494 e. The minimum absolute atomic E-state index is 0.0246. The lowest BCUT2D eigenvalue weighted by Crippen LogP contribution is -2.48. The number of H-pyrrole nitrogens is 1. The van der Waals surface area contributed by atoms with E-state index in [1.54, 1.807) is 43.3 Å². The molecule has 1 fully saturated rings. The zero-order valence-electron chi connectivity index (χ0n) is 23.6. The first-order valence-corrected chi connectivity index (χ1v) is 14.0. The van der Waals surface area contributed by atoms with E-state index >= 15 is 0 Å². The first kappa shape index (κ1) is 27.8. The van der Waals surface area contributed by atoms with Crippen molar-refractivity contribution in [1.82, 2.24) is 19.4 Å². The van der Waals surface area contributed by atoms with Crippen molar-refractivity contribution >= 4 is 56.6 Å². The smallest absolute Gasteiger partial charge is 0.419 e. The number of likely N-dealkylation sites (N-methyl/N-ethyl adjacent to an activating group) is 2. The molecular formula is C31H31ClN6O4.